The van der Waals surface area contributed by atoms with Gasteiger partial charge in [-0.25, -0.2) is 9.37 Å². The van der Waals surface area contributed by atoms with Crippen molar-refractivity contribution in [3.05, 3.63) is 39.6 Å². The van der Waals surface area contributed by atoms with Crippen LogP contribution in [0.5, 0.6) is 0 Å². The molecular weight excluding hydrogens is 287 g/mol. The lowest BCUT2D eigenvalue weighted by molar-refractivity contribution is 0.181. The molecule has 1 N–H and O–H groups in total. The number of nitrogens with zero attached hydrogens (tertiary/aromatic N) is 1. The van der Waals surface area contributed by atoms with E-state index in [-0.39, 0.29) is 5.02 Å². The minimum atomic E-state index is -0.422. The molecule has 0 saturated carbocycles. The van der Waals surface area contributed by atoms with Crippen molar-refractivity contribution in [1.82, 2.24) is 10.3 Å². The summed E-state index contributed by atoms with van der Waals surface area (Å²) < 4.78 is 18.3. The maximum atomic E-state index is 13.2. The third-order valence-corrected chi connectivity index (χ3v) is 4.00. The van der Waals surface area contributed by atoms with Crippen LogP contribution in [-0.4, -0.2) is 19.1 Å². The minimum absolute atomic E-state index is 0.108. The van der Waals surface area contributed by atoms with Crippen LogP contribution in [0.1, 0.15) is 10.6 Å². The quantitative estimate of drug-likeness (QED) is 0.918. The molecule has 1 aromatic heterocycles. The van der Waals surface area contributed by atoms with Crippen molar-refractivity contribution in [2.75, 3.05) is 14.2 Å². The Morgan fingerprint density at radius 3 is 2.89 bits per heavy atom. The second-order valence-corrected chi connectivity index (χ2v) is 5.47. The molecule has 0 radical (unpaired) electrons. The number of halogens is 2. The van der Waals surface area contributed by atoms with Crippen molar-refractivity contribution < 1.29 is 9.13 Å². The minimum Gasteiger partial charge on any atom is -0.378 e. The maximum absolute atomic E-state index is 13.2. The number of ether oxygens (including phenoxy) is 1. The summed E-state index contributed by atoms with van der Waals surface area (Å²) in [6.45, 7) is 1.19. The zero-order chi connectivity index (χ0) is 13.8. The molecule has 0 aliphatic carbocycles. The fourth-order valence-corrected chi connectivity index (χ4v) is 2.94. The first-order chi connectivity index (χ1) is 9.15. The van der Waals surface area contributed by atoms with E-state index in [4.69, 9.17) is 16.3 Å². The highest BCUT2D eigenvalue weighted by Gasteiger charge is 2.13. The highest BCUT2D eigenvalue weighted by atomic mass is 35.5. The molecule has 2 rings (SSSR count). The van der Waals surface area contributed by atoms with E-state index in [0.29, 0.717) is 6.61 Å². The predicted octanol–water partition coefficient (Wildman–Crippen LogP) is 3.47. The molecule has 0 fully saturated rings. The zero-order valence-corrected chi connectivity index (χ0v) is 12.2. The SMILES string of the molecule is CNCc1sc(-c2ccc(F)c(Cl)c2)nc1COC. The molecule has 0 aliphatic heterocycles. The molecule has 6 heteroatoms. The smallest absolute Gasteiger partial charge is 0.141 e. The van der Waals surface area contributed by atoms with E-state index >= 15 is 0 Å². The fraction of sp³-hybridized carbons (Fsp3) is 0.308. The van der Waals surface area contributed by atoms with E-state index < -0.39 is 5.82 Å². The van der Waals surface area contributed by atoms with Gasteiger partial charge < -0.3 is 10.1 Å². The van der Waals surface area contributed by atoms with E-state index in [1.807, 2.05) is 7.05 Å². The number of hydrogen-bond acceptors (Lipinski definition) is 4. The van der Waals surface area contributed by atoms with Crippen molar-refractivity contribution in [2.24, 2.45) is 0 Å². The lowest BCUT2D eigenvalue weighted by atomic mass is 10.2. The first kappa shape index (κ1) is 14.4. The Hall–Kier alpha value is -1.01. The van der Waals surface area contributed by atoms with Crippen molar-refractivity contribution in [1.29, 1.82) is 0 Å². The van der Waals surface area contributed by atoms with E-state index in [1.54, 1.807) is 30.6 Å². The Labute approximate surface area is 120 Å². The topological polar surface area (TPSA) is 34.2 Å². The maximum Gasteiger partial charge on any atom is 0.141 e. The van der Waals surface area contributed by atoms with Crippen LogP contribution in [0.4, 0.5) is 4.39 Å². The highest BCUT2D eigenvalue weighted by molar-refractivity contribution is 7.15. The van der Waals surface area contributed by atoms with E-state index in [2.05, 4.69) is 10.3 Å². The summed E-state index contributed by atoms with van der Waals surface area (Å²) in [5.74, 6) is -0.422. The molecule has 0 bridgehead atoms. The second kappa shape index (κ2) is 6.43. The number of aromatic nitrogens is 1. The largest absolute Gasteiger partial charge is 0.378 e. The number of rotatable bonds is 5. The molecule has 3 nitrogen and oxygen atoms in total. The summed E-state index contributed by atoms with van der Waals surface area (Å²) in [6, 6.07) is 4.63. The van der Waals surface area contributed by atoms with Crippen LogP contribution in [0.3, 0.4) is 0 Å². The van der Waals surface area contributed by atoms with E-state index in [9.17, 15) is 4.39 Å². The molecule has 102 valence electrons. The van der Waals surface area contributed by atoms with E-state index in [0.717, 1.165) is 27.7 Å². The highest BCUT2D eigenvalue weighted by Crippen LogP contribution is 2.31. The fourth-order valence-electron chi connectivity index (χ4n) is 1.68. The summed E-state index contributed by atoms with van der Waals surface area (Å²) in [4.78, 5) is 5.64. The summed E-state index contributed by atoms with van der Waals surface area (Å²) in [5.41, 5.74) is 1.72. The Bertz CT molecular complexity index is 550. The normalized spacial score (nSPS) is 10.9. The number of hydrogen-bond donors (Lipinski definition) is 1. The van der Waals surface area contributed by atoms with Crippen molar-refractivity contribution in [2.45, 2.75) is 13.2 Å². The van der Waals surface area contributed by atoms with Crippen LogP contribution in [0.25, 0.3) is 10.6 Å². The monoisotopic (exact) mass is 300 g/mol. The lowest BCUT2D eigenvalue weighted by Gasteiger charge is -1.98. The molecule has 0 spiro atoms. The van der Waals surface area contributed by atoms with Crippen LogP contribution < -0.4 is 5.32 Å². The van der Waals surface area contributed by atoms with Gasteiger partial charge >= 0.3 is 0 Å². The van der Waals surface area contributed by atoms with Gasteiger partial charge in [0.15, 0.2) is 0 Å². The third-order valence-electron chi connectivity index (χ3n) is 2.56. The molecule has 19 heavy (non-hydrogen) atoms. The summed E-state index contributed by atoms with van der Waals surface area (Å²) in [6.07, 6.45) is 0. The van der Waals surface area contributed by atoms with Gasteiger partial charge in [0.1, 0.15) is 10.8 Å². The Morgan fingerprint density at radius 1 is 1.47 bits per heavy atom. The van der Waals surface area contributed by atoms with Gasteiger partial charge in [-0.1, -0.05) is 11.6 Å². The summed E-state index contributed by atoms with van der Waals surface area (Å²) in [7, 11) is 3.52. The molecule has 0 saturated heterocycles. The Morgan fingerprint density at radius 2 is 2.26 bits per heavy atom. The van der Waals surface area contributed by atoms with Crippen molar-refractivity contribution in [3.63, 3.8) is 0 Å². The van der Waals surface area contributed by atoms with Gasteiger partial charge in [0.25, 0.3) is 0 Å². The average Bonchev–Trinajstić information content (AvgIpc) is 2.77. The van der Waals surface area contributed by atoms with Crippen molar-refractivity contribution in [3.8, 4) is 10.6 Å². The van der Waals surface area contributed by atoms with Crippen LogP contribution in [0.2, 0.25) is 5.02 Å². The molecule has 0 unspecified atom stereocenters. The standard InChI is InChI=1S/C13H14ClFN2OS/c1-16-6-12-11(7-18-2)17-13(19-12)8-3-4-10(15)9(14)5-8/h3-5,16H,6-7H2,1-2H3. The van der Waals surface area contributed by atoms with Gasteiger partial charge in [-0.15, -0.1) is 11.3 Å². The lowest BCUT2D eigenvalue weighted by Crippen LogP contribution is -2.06. The van der Waals surface area contributed by atoms with Crippen LogP contribution >= 0.6 is 22.9 Å². The van der Waals surface area contributed by atoms with Crippen LogP contribution in [0, 0.1) is 5.82 Å². The Kier molecular flexibility index (Phi) is 4.87. The Balaban J connectivity index is 2.38. The number of nitrogens with one attached hydrogen (secondary N) is 1. The van der Waals surface area contributed by atoms with Crippen molar-refractivity contribution >= 4 is 22.9 Å². The van der Waals surface area contributed by atoms with Gasteiger partial charge in [0, 0.05) is 24.1 Å². The average molecular weight is 301 g/mol. The summed E-state index contributed by atoms with van der Waals surface area (Å²) in [5, 5.41) is 4.02. The number of benzene rings is 1. The molecule has 0 atom stereocenters. The number of methoxy groups -OCH3 is 1. The molecule has 1 aromatic carbocycles. The first-order valence-electron chi connectivity index (χ1n) is 5.73. The third kappa shape index (κ3) is 3.30. The van der Waals surface area contributed by atoms with Gasteiger partial charge in [0.2, 0.25) is 0 Å². The predicted molar refractivity (Wildman–Crippen MR) is 76.0 cm³/mol. The summed E-state index contributed by atoms with van der Waals surface area (Å²) >= 11 is 7.35. The molecule has 0 aliphatic rings. The molecule has 1 heterocycles. The molecule has 2 aromatic rings. The first-order valence-corrected chi connectivity index (χ1v) is 6.92. The molecule has 0 amide bonds. The van der Waals surface area contributed by atoms with Crippen LogP contribution in [0.15, 0.2) is 18.2 Å². The number of thiazole rings is 1. The van der Waals surface area contributed by atoms with Gasteiger partial charge in [-0.05, 0) is 25.2 Å². The molecular formula is C13H14ClFN2OS. The van der Waals surface area contributed by atoms with E-state index in [1.165, 1.54) is 6.07 Å². The van der Waals surface area contributed by atoms with Gasteiger partial charge in [0.05, 0.1) is 17.3 Å². The van der Waals surface area contributed by atoms with Gasteiger partial charge in [-0.2, -0.15) is 0 Å². The van der Waals surface area contributed by atoms with Gasteiger partial charge in [-0.3, -0.25) is 0 Å². The van der Waals surface area contributed by atoms with Crippen LogP contribution in [-0.2, 0) is 17.9 Å². The zero-order valence-electron chi connectivity index (χ0n) is 10.7. The second-order valence-electron chi connectivity index (χ2n) is 3.98.